The Morgan fingerprint density at radius 3 is 2.70 bits per heavy atom. The highest BCUT2D eigenvalue weighted by molar-refractivity contribution is 5.88. The Labute approximate surface area is 138 Å². The number of carbonyl (C=O) groups is 1. The molecule has 6 heteroatoms. The van der Waals surface area contributed by atoms with Crippen LogP contribution >= 0.6 is 0 Å². The van der Waals surface area contributed by atoms with Crippen LogP contribution in [0.15, 0.2) is 12.3 Å². The van der Waals surface area contributed by atoms with Crippen molar-refractivity contribution in [1.82, 2.24) is 19.6 Å². The molecule has 0 bridgehead atoms. The molecule has 1 aliphatic heterocycles. The van der Waals surface area contributed by atoms with Gasteiger partial charge in [0, 0.05) is 44.3 Å². The van der Waals surface area contributed by atoms with Crippen molar-refractivity contribution >= 4 is 11.8 Å². The minimum atomic E-state index is 0.000622. The van der Waals surface area contributed by atoms with Crippen molar-refractivity contribution in [2.24, 2.45) is 0 Å². The lowest BCUT2D eigenvalue weighted by Gasteiger charge is -2.27. The van der Waals surface area contributed by atoms with Crippen LogP contribution < -0.4 is 5.32 Å². The minimum Gasteiger partial charge on any atom is -0.323 e. The largest absolute Gasteiger partial charge is 0.323 e. The normalized spacial score (nSPS) is 20.9. The van der Waals surface area contributed by atoms with Crippen LogP contribution in [-0.2, 0) is 0 Å². The van der Waals surface area contributed by atoms with E-state index in [-0.39, 0.29) is 12.1 Å². The summed E-state index contributed by atoms with van der Waals surface area (Å²) in [5.74, 6) is 0.780. The monoisotopic (exact) mass is 319 g/mol. The zero-order valence-corrected chi connectivity index (χ0v) is 14.4. The summed E-state index contributed by atoms with van der Waals surface area (Å²) in [6.45, 7) is 7.91. The summed E-state index contributed by atoms with van der Waals surface area (Å²) in [7, 11) is 0. The summed E-state index contributed by atoms with van der Waals surface area (Å²) < 4.78 is 1.85. The van der Waals surface area contributed by atoms with Gasteiger partial charge in [-0.2, -0.15) is 5.10 Å². The minimum absolute atomic E-state index is 0.000622. The third kappa shape index (κ3) is 3.86. The van der Waals surface area contributed by atoms with E-state index in [4.69, 9.17) is 0 Å². The number of amides is 2. The van der Waals surface area contributed by atoms with Gasteiger partial charge in [0.25, 0.3) is 0 Å². The molecule has 1 aromatic heterocycles. The van der Waals surface area contributed by atoms with Crippen molar-refractivity contribution in [3.63, 3.8) is 0 Å². The number of nitrogens with zero attached hydrogens (tertiary/aromatic N) is 4. The second-order valence-corrected chi connectivity index (χ2v) is 7.00. The first-order valence-corrected chi connectivity index (χ1v) is 8.98. The van der Waals surface area contributed by atoms with Gasteiger partial charge in [-0.1, -0.05) is 12.8 Å². The number of carbonyl (C=O) groups excluding carboxylic acids is 1. The predicted octanol–water partition coefficient (Wildman–Crippen LogP) is 2.95. The summed E-state index contributed by atoms with van der Waals surface area (Å²) in [5, 5.41) is 7.29. The Hall–Kier alpha value is -1.56. The van der Waals surface area contributed by atoms with Gasteiger partial charge in [-0.05, 0) is 33.1 Å². The Bertz CT molecular complexity index is 521. The summed E-state index contributed by atoms with van der Waals surface area (Å²) in [6, 6.07) is 2.85. The zero-order valence-electron chi connectivity index (χ0n) is 14.4. The Morgan fingerprint density at radius 1 is 1.17 bits per heavy atom. The Morgan fingerprint density at radius 2 is 1.96 bits per heavy atom. The predicted molar refractivity (Wildman–Crippen MR) is 91.6 cm³/mol. The van der Waals surface area contributed by atoms with E-state index in [9.17, 15) is 4.79 Å². The molecule has 0 radical (unpaired) electrons. The zero-order chi connectivity index (χ0) is 16.2. The number of anilines is 1. The van der Waals surface area contributed by atoms with Gasteiger partial charge in [-0.3, -0.25) is 10.2 Å². The molecular formula is C17H29N5O. The SMILES string of the molecule is CC(C)n1nccc1NC(=O)N1CCCN(C2CCCC2)CC1. The highest BCUT2D eigenvalue weighted by Gasteiger charge is 2.26. The van der Waals surface area contributed by atoms with Gasteiger partial charge < -0.3 is 4.90 Å². The third-order valence-electron chi connectivity index (χ3n) is 5.05. The average molecular weight is 319 g/mol. The molecule has 2 aliphatic rings. The molecule has 0 aromatic carbocycles. The molecule has 0 atom stereocenters. The molecule has 3 rings (SSSR count). The molecule has 1 aliphatic carbocycles. The van der Waals surface area contributed by atoms with E-state index in [1.165, 1.54) is 25.7 Å². The van der Waals surface area contributed by atoms with Gasteiger partial charge in [0.1, 0.15) is 5.82 Å². The maximum absolute atomic E-state index is 12.6. The quantitative estimate of drug-likeness (QED) is 0.932. The first-order chi connectivity index (χ1) is 11.1. The van der Waals surface area contributed by atoms with E-state index in [1.54, 1.807) is 6.20 Å². The van der Waals surface area contributed by atoms with E-state index < -0.39 is 0 Å². The van der Waals surface area contributed by atoms with E-state index in [2.05, 4.69) is 29.2 Å². The van der Waals surface area contributed by atoms with Gasteiger partial charge in [0.15, 0.2) is 0 Å². The Balaban J connectivity index is 1.56. The fraction of sp³-hybridized carbons (Fsp3) is 0.765. The number of aromatic nitrogens is 2. The van der Waals surface area contributed by atoms with Crippen molar-refractivity contribution in [2.75, 3.05) is 31.5 Å². The molecule has 1 saturated carbocycles. The molecule has 1 saturated heterocycles. The lowest BCUT2D eigenvalue weighted by molar-refractivity contribution is 0.195. The summed E-state index contributed by atoms with van der Waals surface area (Å²) >= 11 is 0. The van der Waals surface area contributed by atoms with Gasteiger partial charge >= 0.3 is 6.03 Å². The maximum atomic E-state index is 12.6. The first-order valence-electron chi connectivity index (χ1n) is 8.98. The molecule has 1 aromatic rings. The lowest BCUT2D eigenvalue weighted by Crippen LogP contribution is -2.40. The summed E-state index contributed by atoms with van der Waals surface area (Å²) in [4.78, 5) is 17.1. The van der Waals surface area contributed by atoms with E-state index >= 15 is 0 Å². The van der Waals surface area contributed by atoms with Gasteiger partial charge in [0.05, 0.1) is 6.20 Å². The average Bonchev–Trinajstić information content (AvgIpc) is 3.15. The number of urea groups is 1. The molecule has 2 amide bonds. The molecular weight excluding hydrogens is 290 g/mol. The van der Waals surface area contributed by atoms with Gasteiger partial charge in [-0.25, -0.2) is 9.48 Å². The van der Waals surface area contributed by atoms with Crippen LogP contribution in [0.25, 0.3) is 0 Å². The fourth-order valence-corrected chi connectivity index (χ4v) is 3.79. The van der Waals surface area contributed by atoms with Crippen LogP contribution in [-0.4, -0.2) is 57.8 Å². The summed E-state index contributed by atoms with van der Waals surface area (Å²) in [6.07, 6.45) is 8.20. The highest BCUT2D eigenvalue weighted by Crippen LogP contribution is 2.24. The second-order valence-electron chi connectivity index (χ2n) is 7.00. The molecule has 2 fully saturated rings. The van der Waals surface area contributed by atoms with Crippen molar-refractivity contribution in [3.8, 4) is 0 Å². The maximum Gasteiger partial charge on any atom is 0.323 e. The van der Waals surface area contributed by atoms with E-state index in [0.29, 0.717) is 0 Å². The number of hydrogen-bond donors (Lipinski definition) is 1. The number of rotatable bonds is 3. The second kappa shape index (κ2) is 7.34. The van der Waals surface area contributed by atoms with Crippen LogP contribution in [0.4, 0.5) is 10.6 Å². The molecule has 0 spiro atoms. The third-order valence-corrected chi connectivity index (χ3v) is 5.05. The highest BCUT2D eigenvalue weighted by atomic mass is 16.2. The van der Waals surface area contributed by atoms with E-state index in [1.807, 2.05) is 15.6 Å². The smallest absolute Gasteiger partial charge is 0.323 e. The first kappa shape index (κ1) is 16.3. The number of nitrogens with one attached hydrogen (secondary N) is 1. The van der Waals surface area contributed by atoms with Gasteiger partial charge in [-0.15, -0.1) is 0 Å². The van der Waals surface area contributed by atoms with Crippen LogP contribution in [0, 0.1) is 0 Å². The Kier molecular flexibility index (Phi) is 5.20. The van der Waals surface area contributed by atoms with Crippen LogP contribution in [0.5, 0.6) is 0 Å². The molecule has 1 N–H and O–H groups in total. The van der Waals surface area contributed by atoms with Crippen LogP contribution in [0.1, 0.15) is 52.0 Å². The molecule has 0 unspecified atom stereocenters. The molecule has 2 heterocycles. The molecule has 6 nitrogen and oxygen atoms in total. The standard InChI is InChI=1S/C17H29N5O/c1-14(2)22-16(8-9-18-22)19-17(23)21-11-5-10-20(12-13-21)15-6-3-4-7-15/h8-9,14-15H,3-7,10-13H2,1-2H3,(H,19,23). The van der Waals surface area contributed by atoms with Crippen molar-refractivity contribution in [3.05, 3.63) is 12.3 Å². The number of hydrogen-bond acceptors (Lipinski definition) is 3. The topological polar surface area (TPSA) is 53.4 Å². The van der Waals surface area contributed by atoms with Crippen LogP contribution in [0.2, 0.25) is 0 Å². The summed E-state index contributed by atoms with van der Waals surface area (Å²) in [5.41, 5.74) is 0. The van der Waals surface area contributed by atoms with E-state index in [0.717, 1.165) is 44.5 Å². The lowest BCUT2D eigenvalue weighted by atomic mass is 10.2. The van der Waals surface area contributed by atoms with Crippen molar-refractivity contribution in [1.29, 1.82) is 0 Å². The molecule has 23 heavy (non-hydrogen) atoms. The van der Waals surface area contributed by atoms with Crippen LogP contribution in [0.3, 0.4) is 0 Å². The molecule has 128 valence electrons. The fourth-order valence-electron chi connectivity index (χ4n) is 3.79. The van der Waals surface area contributed by atoms with Crippen molar-refractivity contribution in [2.45, 2.75) is 58.0 Å². The van der Waals surface area contributed by atoms with Crippen molar-refractivity contribution < 1.29 is 4.79 Å². The van der Waals surface area contributed by atoms with Gasteiger partial charge in [0.2, 0.25) is 0 Å².